The van der Waals surface area contributed by atoms with E-state index < -0.39 is 10.0 Å². The van der Waals surface area contributed by atoms with Gasteiger partial charge in [-0.15, -0.1) is 4.83 Å². The Morgan fingerprint density at radius 2 is 1.93 bits per heavy atom. The maximum Gasteiger partial charge on any atom is 0.257 e. The molecule has 1 aromatic heterocycles. The number of nitrogens with one attached hydrogen (secondary N) is 2. The fourth-order valence-electron chi connectivity index (χ4n) is 1.22. The minimum atomic E-state index is -3.50. The molecule has 7 heteroatoms. The molecule has 0 atom stereocenters. The van der Waals surface area contributed by atoms with Gasteiger partial charge in [0.25, 0.3) is 10.0 Å². The molecule has 0 radical (unpaired) electrons. The molecule has 14 heavy (non-hydrogen) atoms. The van der Waals surface area contributed by atoms with E-state index in [2.05, 4.69) is 15.0 Å². The Morgan fingerprint density at radius 3 is 2.29 bits per heavy atom. The van der Waals surface area contributed by atoms with Gasteiger partial charge in [0.15, 0.2) is 0 Å². The fraction of sp³-hybridized carbons (Fsp3) is 0.571. The van der Waals surface area contributed by atoms with Crippen molar-refractivity contribution < 1.29 is 8.42 Å². The zero-order chi connectivity index (χ0) is 10.9. The molecule has 0 unspecified atom stereocenters. The topological polar surface area (TPSA) is 78.1 Å². The summed E-state index contributed by atoms with van der Waals surface area (Å²) in [5.74, 6) is 0. The Kier molecular flexibility index (Phi) is 2.93. The first-order chi connectivity index (χ1) is 6.34. The van der Waals surface area contributed by atoms with Crippen LogP contribution in [-0.2, 0) is 10.0 Å². The van der Waals surface area contributed by atoms with Crippen molar-refractivity contribution in [3.05, 3.63) is 11.4 Å². The van der Waals surface area contributed by atoms with Crippen LogP contribution in [0.5, 0.6) is 0 Å². The first-order valence-electron chi connectivity index (χ1n) is 4.06. The number of sulfonamides is 1. The zero-order valence-corrected chi connectivity index (χ0v) is 9.44. The molecule has 80 valence electrons. The highest BCUT2D eigenvalue weighted by Gasteiger charge is 2.22. The molecule has 0 aliphatic carbocycles. The molecule has 0 saturated heterocycles. The van der Waals surface area contributed by atoms with Crippen molar-refractivity contribution in [2.75, 3.05) is 14.1 Å². The zero-order valence-electron chi connectivity index (χ0n) is 8.62. The summed E-state index contributed by atoms with van der Waals surface area (Å²) in [4.78, 5) is 2.56. The first kappa shape index (κ1) is 11.2. The van der Waals surface area contributed by atoms with Crippen molar-refractivity contribution >= 4 is 10.0 Å². The molecular formula is C7H14N4O2S. The molecule has 1 heterocycles. The van der Waals surface area contributed by atoms with Crippen LogP contribution in [0.1, 0.15) is 11.4 Å². The number of nitrogens with zero attached hydrogens (tertiary/aromatic N) is 2. The second kappa shape index (κ2) is 3.68. The monoisotopic (exact) mass is 218 g/mol. The largest absolute Gasteiger partial charge is 0.281 e. The van der Waals surface area contributed by atoms with E-state index in [1.807, 2.05) is 0 Å². The van der Waals surface area contributed by atoms with Gasteiger partial charge in [-0.05, 0) is 13.8 Å². The molecule has 0 saturated carbocycles. The van der Waals surface area contributed by atoms with Gasteiger partial charge in [-0.3, -0.25) is 5.10 Å². The van der Waals surface area contributed by atoms with Gasteiger partial charge in [-0.2, -0.15) is 5.10 Å². The van der Waals surface area contributed by atoms with Crippen LogP contribution in [0.3, 0.4) is 0 Å². The predicted molar refractivity (Wildman–Crippen MR) is 52.1 cm³/mol. The molecule has 2 N–H and O–H groups in total. The quantitative estimate of drug-likeness (QED) is 0.688. The van der Waals surface area contributed by atoms with Crippen LogP contribution in [-0.4, -0.2) is 37.7 Å². The summed E-state index contributed by atoms with van der Waals surface area (Å²) in [5.41, 5.74) is 1.01. The lowest BCUT2D eigenvalue weighted by Crippen LogP contribution is -2.36. The number of hydrazine groups is 1. The van der Waals surface area contributed by atoms with Gasteiger partial charge in [-0.1, -0.05) is 0 Å². The van der Waals surface area contributed by atoms with Crippen LogP contribution < -0.4 is 4.83 Å². The lowest BCUT2D eigenvalue weighted by Gasteiger charge is -2.12. The summed E-state index contributed by atoms with van der Waals surface area (Å²) in [7, 11) is -0.269. The third-order valence-corrected chi connectivity index (χ3v) is 3.38. The van der Waals surface area contributed by atoms with Crippen LogP contribution in [0.25, 0.3) is 0 Å². The molecule has 6 nitrogen and oxygen atoms in total. The van der Waals surface area contributed by atoms with Gasteiger partial charge in [0, 0.05) is 14.1 Å². The SMILES string of the molecule is Cc1n[nH]c(C)c1S(=O)(=O)NN(C)C. The van der Waals surface area contributed by atoms with E-state index in [9.17, 15) is 8.42 Å². The Balaban J connectivity index is 3.17. The third-order valence-electron chi connectivity index (χ3n) is 1.63. The van der Waals surface area contributed by atoms with Crippen molar-refractivity contribution in [2.24, 2.45) is 0 Å². The minimum absolute atomic E-state index is 0.214. The summed E-state index contributed by atoms with van der Waals surface area (Å²) in [6, 6.07) is 0. The lowest BCUT2D eigenvalue weighted by atomic mass is 10.4. The number of hydrogen-bond acceptors (Lipinski definition) is 4. The van der Waals surface area contributed by atoms with E-state index in [1.165, 1.54) is 5.01 Å². The molecule has 0 aromatic carbocycles. The highest BCUT2D eigenvalue weighted by molar-refractivity contribution is 7.89. The van der Waals surface area contributed by atoms with Gasteiger partial charge in [0.05, 0.1) is 11.4 Å². The fourth-order valence-corrected chi connectivity index (χ4v) is 2.68. The van der Waals surface area contributed by atoms with Gasteiger partial charge in [0.1, 0.15) is 4.90 Å². The van der Waals surface area contributed by atoms with Crippen molar-refractivity contribution in [1.82, 2.24) is 20.0 Å². The molecular weight excluding hydrogens is 204 g/mol. The molecule has 1 rings (SSSR count). The van der Waals surface area contributed by atoms with E-state index in [0.717, 1.165) is 0 Å². The summed E-state index contributed by atoms with van der Waals surface area (Å²) >= 11 is 0. The van der Waals surface area contributed by atoms with Gasteiger partial charge in [-0.25, -0.2) is 13.4 Å². The molecule has 0 bridgehead atoms. The Bertz CT molecular complexity index is 401. The van der Waals surface area contributed by atoms with Crippen molar-refractivity contribution in [1.29, 1.82) is 0 Å². The van der Waals surface area contributed by atoms with Crippen LogP contribution in [0.15, 0.2) is 4.90 Å². The summed E-state index contributed by atoms with van der Waals surface area (Å²) in [6.45, 7) is 3.32. The van der Waals surface area contributed by atoms with E-state index in [-0.39, 0.29) is 4.90 Å². The molecule has 0 aliphatic heterocycles. The number of rotatable bonds is 3. The van der Waals surface area contributed by atoms with E-state index in [4.69, 9.17) is 0 Å². The number of aromatic amines is 1. The Labute approximate surface area is 83.3 Å². The average Bonchev–Trinajstić information content (AvgIpc) is 2.27. The third kappa shape index (κ3) is 2.11. The molecule has 0 fully saturated rings. The Morgan fingerprint density at radius 1 is 1.36 bits per heavy atom. The smallest absolute Gasteiger partial charge is 0.257 e. The van der Waals surface area contributed by atoms with Crippen LogP contribution in [0.2, 0.25) is 0 Å². The number of H-pyrrole nitrogens is 1. The molecule has 0 amide bonds. The molecule has 0 spiro atoms. The highest BCUT2D eigenvalue weighted by atomic mass is 32.2. The number of hydrogen-bond donors (Lipinski definition) is 2. The van der Waals surface area contributed by atoms with E-state index in [1.54, 1.807) is 27.9 Å². The van der Waals surface area contributed by atoms with Gasteiger partial charge in [0.2, 0.25) is 0 Å². The maximum atomic E-state index is 11.7. The van der Waals surface area contributed by atoms with Crippen LogP contribution in [0, 0.1) is 13.8 Å². The van der Waals surface area contributed by atoms with Crippen LogP contribution >= 0.6 is 0 Å². The van der Waals surface area contributed by atoms with Crippen molar-refractivity contribution in [3.63, 3.8) is 0 Å². The lowest BCUT2D eigenvalue weighted by molar-refractivity contribution is 0.364. The normalized spacial score (nSPS) is 12.4. The van der Waals surface area contributed by atoms with Gasteiger partial charge >= 0.3 is 0 Å². The van der Waals surface area contributed by atoms with E-state index >= 15 is 0 Å². The van der Waals surface area contributed by atoms with Crippen molar-refractivity contribution in [3.8, 4) is 0 Å². The van der Waals surface area contributed by atoms with E-state index in [0.29, 0.717) is 11.4 Å². The standard InChI is InChI=1S/C7H14N4O2S/c1-5-7(6(2)9-8-5)14(12,13)10-11(3)4/h10H,1-4H3,(H,8,9). The first-order valence-corrected chi connectivity index (χ1v) is 5.54. The average molecular weight is 218 g/mol. The van der Waals surface area contributed by atoms with Crippen LogP contribution in [0.4, 0.5) is 0 Å². The minimum Gasteiger partial charge on any atom is -0.281 e. The maximum absolute atomic E-state index is 11.7. The number of aryl methyl sites for hydroxylation is 2. The number of aromatic nitrogens is 2. The second-order valence-electron chi connectivity index (χ2n) is 3.25. The van der Waals surface area contributed by atoms with Crippen molar-refractivity contribution in [2.45, 2.75) is 18.7 Å². The highest BCUT2D eigenvalue weighted by Crippen LogP contribution is 2.15. The Hall–Kier alpha value is -0.920. The second-order valence-corrected chi connectivity index (χ2v) is 4.85. The summed E-state index contributed by atoms with van der Waals surface area (Å²) in [6.07, 6.45) is 0. The molecule has 0 aliphatic rings. The molecule has 1 aromatic rings. The summed E-state index contributed by atoms with van der Waals surface area (Å²) in [5, 5.41) is 7.83. The summed E-state index contributed by atoms with van der Waals surface area (Å²) < 4.78 is 23.5. The predicted octanol–water partition coefficient (Wildman–Crippen LogP) is -0.219. The van der Waals surface area contributed by atoms with Gasteiger partial charge < -0.3 is 0 Å².